The van der Waals surface area contributed by atoms with E-state index in [1.165, 1.54) is 149 Å². The van der Waals surface area contributed by atoms with Crippen LogP contribution in [-0.2, 0) is 65.9 Å². The predicted octanol–water partition coefficient (Wildman–Crippen LogP) is 14.4. The number of halogens is 2. The van der Waals surface area contributed by atoms with Gasteiger partial charge in [0.15, 0.2) is 6.10 Å². The molecule has 25 heteroatoms. The first kappa shape index (κ1) is 80.3. The van der Waals surface area contributed by atoms with Crippen molar-refractivity contribution in [2.24, 2.45) is 0 Å². The molecule has 0 radical (unpaired) electrons. The highest BCUT2D eigenvalue weighted by Gasteiger charge is 2.63. The lowest BCUT2D eigenvalue weighted by Crippen LogP contribution is -2.45. The summed E-state index contributed by atoms with van der Waals surface area (Å²) in [4.78, 5) is 105. The van der Waals surface area contributed by atoms with E-state index in [0.717, 1.165) is 63.6 Å². The van der Waals surface area contributed by atoms with Gasteiger partial charge in [-0.1, -0.05) is 194 Å². The second kappa shape index (κ2) is 45.5. The van der Waals surface area contributed by atoms with E-state index in [0.29, 0.717) is 17.4 Å². The second-order valence-electron chi connectivity index (χ2n) is 25.1. The van der Waals surface area contributed by atoms with Gasteiger partial charge in [0.25, 0.3) is 7.82 Å². The minimum atomic E-state index is -5.08. The van der Waals surface area contributed by atoms with E-state index >= 15 is 8.78 Å². The molecule has 1 aromatic rings. The van der Waals surface area contributed by atoms with Crippen LogP contribution in [0.15, 0.2) is 17.1 Å². The zero-order valence-corrected chi connectivity index (χ0v) is 55.9. The Labute approximate surface area is 528 Å². The van der Waals surface area contributed by atoms with Crippen LogP contribution in [0.3, 0.4) is 0 Å². The molecule has 1 aliphatic heterocycles. The molecule has 0 spiro atoms. The summed E-state index contributed by atoms with van der Waals surface area (Å²) < 4.78 is 92.0. The third-order valence-corrected chi connectivity index (χ3v) is 15.4. The average molecular weight is 1290 g/mol. The number of esters is 3. The van der Waals surface area contributed by atoms with Gasteiger partial charge >= 0.3 is 41.8 Å². The van der Waals surface area contributed by atoms with Crippen LogP contribution in [0, 0.1) is 0 Å². The Kier molecular flexibility index (Phi) is 41.1. The molecule has 0 bridgehead atoms. The molecule has 2 N–H and O–H groups in total. The Balaban J connectivity index is 1.87. The number of amides is 2. The van der Waals surface area contributed by atoms with Gasteiger partial charge in [-0.15, -0.1) is 0 Å². The number of hydrogen-bond donors (Lipinski definition) is 2. The molecule has 0 aromatic carbocycles. The summed E-state index contributed by atoms with van der Waals surface area (Å²) in [5.74, 6) is -7.43. The Bertz CT molecular complexity index is 2280. The van der Waals surface area contributed by atoms with E-state index in [4.69, 9.17) is 42.2 Å². The van der Waals surface area contributed by atoms with Gasteiger partial charge in [-0.3, -0.25) is 33.6 Å². The fourth-order valence-electron chi connectivity index (χ4n) is 9.71. The summed E-state index contributed by atoms with van der Waals surface area (Å²) in [7, 11) is -5.08. The number of aromatic nitrogens is 2. The van der Waals surface area contributed by atoms with Crippen molar-refractivity contribution < 1.29 is 89.2 Å². The van der Waals surface area contributed by atoms with Gasteiger partial charge < -0.3 is 52.4 Å². The van der Waals surface area contributed by atoms with E-state index in [-0.39, 0.29) is 25.2 Å². The summed E-state index contributed by atoms with van der Waals surface area (Å²) in [6.45, 7) is 10.6. The first-order valence-corrected chi connectivity index (χ1v) is 34.6. The molecular formula is C64H110F2N4O18P-. The van der Waals surface area contributed by atoms with Crippen molar-refractivity contribution >= 4 is 49.7 Å². The van der Waals surface area contributed by atoms with Crippen LogP contribution in [0.2, 0.25) is 0 Å². The number of anilines is 1. The average Bonchev–Trinajstić information content (AvgIpc) is 2.20. The van der Waals surface area contributed by atoms with Gasteiger partial charge in [0.1, 0.15) is 36.3 Å². The van der Waals surface area contributed by atoms with E-state index < -0.39 is 131 Å². The third-order valence-electron chi connectivity index (χ3n) is 14.4. The maximum atomic E-state index is 16.1. The molecule has 1 fully saturated rings. The van der Waals surface area contributed by atoms with Gasteiger partial charge in [0.2, 0.25) is 18.2 Å². The van der Waals surface area contributed by atoms with E-state index in [9.17, 15) is 43.0 Å². The third kappa shape index (κ3) is 40.0. The van der Waals surface area contributed by atoms with E-state index in [2.05, 4.69) is 29.5 Å². The molecule has 22 nitrogen and oxygen atoms in total. The molecule has 1 aromatic heterocycles. The number of carbonyl (C=O) groups is 6. The molecule has 0 saturated carbocycles. The van der Waals surface area contributed by atoms with Crippen molar-refractivity contribution in [2.45, 2.75) is 315 Å². The fourth-order valence-corrected chi connectivity index (χ4v) is 10.4. The van der Waals surface area contributed by atoms with Crippen molar-refractivity contribution in [1.29, 1.82) is 0 Å². The van der Waals surface area contributed by atoms with Crippen molar-refractivity contribution in [1.82, 2.24) is 14.9 Å². The van der Waals surface area contributed by atoms with E-state index in [1.54, 1.807) is 20.8 Å². The first-order chi connectivity index (χ1) is 42.2. The Morgan fingerprint density at radius 3 is 1.57 bits per heavy atom. The molecule has 2 heterocycles. The summed E-state index contributed by atoms with van der Waals surface area (Å²) >= 11 is 0. The zero-order valence-electron chi connectivity index (χ0n) is 55.0. The molecule has 5 atom stereocenters. The van der Waals surface area contributed by atoms with Gasteiger partial charge in [0.05, 0.1) is 19.6 Å². The molecule has 2 amide bonds. The first-order valence-electron chi connectivity index (χ1n) is 33.1. The molecule has 89 heavy (non-hydrogen) atoms. The summed E-state index contributed by atoms with van der Waals surface area (Å²) in [5.41, 5.74) is -3.38. The number of phosphoric ester groups is 1. The number of hydrogen-bond acceptors (Lipinski definition) is 19. The van der Waals surface area contributed by atoms with Crippen molar-refractivity contribution in [3.63, 3.8) is 0 Å². The highest BCUT2D eigenvalue weighted by molar-refractivity contribution is 7.45. The summed E-state index contributed by atoms with van der Waals surface area (Å²) in [6, 6.07) is 1.02. The summed E-state index contributed by atoms with van der Waals surface area (Å²) in [6.07, 6.45) is 24.5. The highest BCUT2D eigenvalue weighted by atomic mass is 31.2. The predicted molar refractivity (Wildman–Crippen MR) is 331 cm³/mol. The fraction of sp³-hybridized carbons (Fsp3) is 0.844. The number of alkyl halides is 2. The van der Waals surface area contributed by atoms with Crippen LogP contribution in [-0.4, -0.2) is 114 Å². The Hall–Kier alpha value is -4.77. The largest absolute Gasteiger partial charge is 0.756 e. The van der Waals surface area contributed by atoms with Gasteiger partial charge in [-0.2, -0.15) is 13.8 Å². The highest BCUT2D eigenvalue weighted by Crippen LogP contribution is 2.44. The van der Waals surface area contributed by atoms with Gasteiger partial charge in [0, 0.05) is 32.0 Å². The number of carbonyl (C=O) groups excluding carboxylic acids is 6. The van der Waals surface area contributed by atoms with Crippen molar-refractivity contribution in [3.8, 4) is 0 Å². The molecule has 2 rings (SSSR count). The maximum Gasteiger partial charge on any atom is 0.509 e. The van der Waals surface area contributed by atoms with E-state index in [1.807, 2.05) is 0 Å². The lowest BCUT2D eigenvalue weighted by Gasteiger charge is -2.26. The van der Waals surface area contributed by atoms with Crippen LogP contribution in [0.25, 0.3) is 0 Å². The Morgan fingerprint density at radius 2 is 1.10 bits per heavy atom. The van der Waals surface area contributed by atoms with Crippen molar-refractivity contribution in [2.75, 3.05) is 38.3 Å². The monoisotopic (exact) mass is 1290 g/mol. The van der Waals surface area contributed by atoms with Crippen molar-refractivity contribution in [3.05, 3.63) is 22.7 Å². The number of nitrogens with one attached hydrogen (secondary N) is 2. The lowest BCUT2D eigenvalue weighted by molar-refractivity contribution is -0.228. The lowest BCUT2D eigenvalue weighted by atomic mass is 10.0. The minimum absolute atomic E-state index is 0.0848. The Morgan fingerprint density at radius 1 is 0.640 bits per heavy atom. The van der Waals surface area contributed by atoms with Crippen LogP contribution < -0.4 is 21.2 Å². The van der Waals surface area contributed by atoms with Gasteiger partial charge in [-0.05, 0) is 60.5 Å². The minimum Gasteiger partial charge on any atom is -0.756 e. The quantitative estimate of drug-likeness (QED) is 0.0265. The molecular weight excluding hydrogens is 1180 g/mol. The van der Waals surface area contributed by atoms with Crippen LogP contribution in [0.1, 0.15) is 280 Å². The van der Waals surface area contributed by atoms with Crippen LogP contribution in [0.4, 0.5) is 24.2 Å². The number of nitrogens with zero attached hydrogens (tertiary/aromatic N) is 2. The smallest absolute Gasteiger partial charge is 0.509 e. The SMILES string of the molecule is CCCCCCCCCCCCCCCCCC(=O)OC[C@H](COP(=O)([O-])OCCNC(=O)CCC(=O)OC[C@H]1O[C@@H](n2ccc(NC(=O)OC(C)(C)C)nc2=O)C(F)(F)C1OC(=O)OC(C)(C)C)OC(=O)CCCCCCCCCCCCCCCCC. The maximum absolute atomic E-state index is 16.1. The number of unbranched alkanes of at least 4 members (excludes halogenated alkanes) is 28. The number of rotatable bonds is 50. The molecule has 1 aliphatic rings. The standard InChI is InChI=1S/C64H111F2N4O18P/c1-9-11-13-15-17-19-21-23-25-27-29-31-33-35-37-39-54(72)80-47-50(84-56(74)40-38-36-34-32-30-28-26-24-22-20-18-16-14-12-10-2)48-83-89(78,79)82-46-44-67-53(71)41-42-55(73)81-49-51-57(86-61(77)88-63(6,7)8)64(65,66)58(85-51)70-45-43-52(68-59(70)75)69-60(76)87-62(3,4)5/h43,45,50-51,57-58H,9-42,44,46-49H2,1-8H3,(H,67,71)(H,78,79)(H,68,69,75,76)/p-1/t50-,51-,57?,58-/m1/s1. The van der Waals surface area contributed by atoms with Gasteiger partial charge in [-0.25, -0.2) is 14.4 Å². The number of ether oxygens (including phenoxy) is 7. The van der Waals surface area contributed by atoms with Crippen LogP contribution >= 0.6 is 7.82 Å². The summed E-state index contributed by atoms with van der Waals surface area (Å²) in [5, 5.41) is 4.59. The number of phosphoric acid groups is 1. The van der Waals surface area contributed by atoms with Crippen LogP contribution in [0.5, 0.6) is 0 Å². The molecule has 2 unspecified atom stereocenters. The topological polar surface area (TPSA) is 285 Å². The molecule has 1 saturated heterocycles. The molecule has 514 valence electrons. The second-order valence-corrected chi connectivity index (χ2v) is 26.5. The molecule has 0 aliphatic carbocycles. The normalized spacial score (nSPS) is 16.6. The zero-order chi connectivity index (χ0) is 66.0.